The summed E-state index contributed by atoms with van der Waals surface area (Å²) in [5.41, 5.74) is 4.57. The van der Waals surface area contributed by atoms with Gasteiger partial charge in [0, 0.05) is 23.5 Å². The minimum absolute atomic E-state index is 0.146. The van der Waals surface area contributed by atoms with Crippen molar-refractivity contribution in [1.82, 2.24) is 20.2 Å². The molecule has 2 N–H and O–H groups in total. The molecule has 2 aromatic heterocycles. The number of carbonyl (C=O) groups excluding carboxylic acids is 1. The lowest BCUT2D eigenvalue weighted by Crippen LogP contribution is -2.14. The number of benzene rings is 2. The lowest BCUT2D eigenvalue weighted by Gasteiger charge is -2.10. The van der Waals surface area contributed by atoms with E-state index in [9.17, 15) is 9.18 Å². The first-order chi connectivity index (χ1) is 13.0. The van der Waals surface area contributed by atoms with Crippen molar-refractivity contribution in [3.05, 3.63) is 71.4 Å². The number of hydrogen-bond acceptors (Lipinski definition) is 4. The minimum atomic E-state index is -0.531. The summed E-state index contributed by atoms with van der Waals surface area (Å²) in [4.78, 5) is 21.6. The Labute approximate surface area is 154 Å². The van der Waals surface area contributed by atoms with Gasteiger partial charge in [0.2, 0.25) is 0 Å². The number of anilines is 1. The van der Waals surface area contributed by atoms with E-state index in [4.69, 9.17) is 0 Å². The number of halogens is 1. The average Bonchev–Trinajstić information content (AvgIpc) is 3.17. The molecule has 0 spiro atoms. The Morgan fingerprint density at radius 1 is 1.07 bits per heavy atom. The summed E-state index contributed by atoms with van der Waals surface area (Å²) in [6, 6.07) is 11.6. The molecule has 4 aromatic rings. The molecule has 0 saturated carbocycles. The molecule has 0 atom stereocenters. The zero-order valence-electron chi connectivity index (χ0n) is 14.7. The number of amides is 1. The molecule has 27 heavy (non-hydrogen) atoms. The molecule has 0 aliphatic heterocycles. The van der Waals surface area contributed by atoms with Gasteiger partial charge in [0.05, 0.1) is 28.2 Å². The average molecular weight is 361 g/mol. The maximum absolute atomic E-state index is 14.0. The first-order valence-electron chi connectivity index (χ1n) is 8.37. The van der Waals surface area contributed by atoms with Crippen molar-refractivity contribution in [3.63, 3.8) is 0 Å². The van der Waals surface area contributed by atoms with E-state index in [0.29, 0.717) is 28.1 Å². The van der Waals surface area contributed by atoms with Gasteiger partial charge in [-0.1, -0.05) is 12.1 Å². The van der Waals surface area contributed by atoms with Crippen LogP contribution in [0, 0.1) is 19.7 Å². The fourth-order valence-corrected chi connectivity index (χ4v) is 2.85. The molecule has 7 heteroatoms. The maximum atomic E-state index is 14.0. The van der Waals surface area contributed by atoms with E-state index < -0.39 is 11.7 Å². The van der Waals surface area contributed by atoms with E-state index in [1.165, 1.54) is 12.1 Å². The van der Waals surface area contributed by atoms with Crippen molar-refractivity contribution in [2.24, 2.45) is 0 Å². The number of rotatable bonds is 3. The summed E-state index contributed by atoms with van der Waals surface area (Å²) < 4.78 is 14.0. The Balaban J connectivity index is 1.72. The molecule has 0 bridgehead atoms. The van der Waals surface area contributed by atoms with Crippen LogP contribution in [0.4, 0.5) is 10.1 Å². The summed E-state index contributed by atoms with van der Waals surface area (Å²) in [6.45, 7) is 3.61. The number of aromatic nitrogens is 4. The van der Waals surface area contributed by atoms with E-state index in [2.05, 4.69) is 25.5 Å². The zero-order valence-corrected chi connectivity index (χ0v) is 14.7. The van der Waals surface area contributed by atoms with Crippen LogP contribution in [0.15, 0.2) is 48.7 Å². The number of aromatic amines is 1. The minimum Gasteiger partial charge on any atom is -0.322 e. The van der Waals surface area contributed by atoms with Gasteiger partial charge in [-0.2, -0.15) is 5.10 Å². The molecular weight excluding hydrogens is 345 g/mol. The third kappa shape index (κ3) is 3.27. The normalized spacial score (nSPS) is 10.9. The molecule has 0 fully saturated rings. The third-order valence-corrected chi connectivity index (χ3v) is 4.32. The van der Waals surface area contributed by atoms with E-state index >= 15 is 0 Å². The SMILES string of the molecule is Cc1nc2cc(F)cc(C(=O)Nc3cccc(-c4ccn[nH]4)c3)c2nc1C. The zero-order chi connectivity index (χ0) is 19.0. The Morgan fingerprint density at radius 2 is 1.89 bits per heavy atom. The van der Waals surface area contributed by atoms with Gasteiger partial charge in [-0.15, -0.1) is 0 Å². The summed E-state index contributed by atoms with van der Waals surface area (Å²) in [6.07, 6.45) is 1.66. The Morgan fingerprint density at radius 3 is 2.67 bits per heavy atom. The number of aryl methyl sites for hydroxylation is 2. The second-order valence-electron chi connectivity index (χ2n) is 6.22. The van der Waals surface area contributed by atoms with E-state index in [1.54, 1.807) is 26.1 Å². The van der Waals surface area contributed by atoms with Crippen molar-refractivity contribution >= 4 is 22.6 Å². The highest BCUT2D eigenvalue weighted by atomic mass is 19.1. The number of fused-ring (bicyclic) bond motifs is 1. The highest BCUT2D eigenvalue weighted by Gasteiger charge is 2.16. The monoisotopic (exact) mass is 361 g/mol. The Kier molecular flexibility index (Phi) is 4.12. The largest absolute Gasteiger partial charge is 0.322 e. The van der Waals surface area contributed by atoms with Gasteiger partial charge in [-0.25, -0.2) is 14.4 Å². The van der Waals surface area contributed by atoms with Crippen LogP contribution in [0.25, 0.3) is 22.3 Å². The van der Waals surface area contributed by atoms with Crippen molar-refractivity contribution in [1.29, 1.82) is 0 Å². The van der Waals surface area contributed by atoms with Gasteiger partial charge < -0.3 is 5.32 Å². The summed E-state index contributed by atoms with van der Waals surface area (Å²) in [5, 5.41) is 9.61. The van der Waals surface area contributed by atoms with Crippen LogP contribution in [-0.2, 0) is 0 Å². The molecule has 134 valence electrons. The fraction of sp³-hybridized carbons (Fsp3) is 0.100. The van der Waals surface area contributed by atoms with Gasteiger partial charge in [0.15, 0.2) is 0 Å². The Hall–Kier alpha value is -3.61. The van der Waals surface area contributed by atoms with Gasteiger partial charge in [-0.05, 0) is 38.1 Å². The van der Waals surface area contributed by atoms with Crippen molar-refractivity contribution < 1.29 is 9.18 Å². The van der Waals surface area contributed by atoms with Gasteiger partial charge >= 0.3 is 0 Å². The van der Waals surface area contributed by atoms with Crippen molar-refractivity contribution in [3.8, 4) is 11.3 Å². The van der Waals surface area contributed by atoms with E-state index in [1.807, 2.05) is 24.3 Å². The van der Waals surface area contributed by atoms with Crippen LogP contribution in [-0.4, -0.2) is 26.1 Å². The molecule has 0 radical (unpaired) electrons. The lowest BCUT2D eigenvalue weighted by molar-refractivity contribution is 0.102. The molecule has 1 amide bonds. The van der Waals surface area contributed by atoms with Gasteiger partial charge in [0.25, 0.3) is 5.91 Å². The molecular formula is C20H16FN5O. The Bertz CT molecular complexity index is 1150. The standard InChI is InChI=1S/C20H16FN5O/c1-11-12(2)24-19-16(9-14(21)10-18(19)23-11)20(27)25-15-5-3-4-13(8-15)17-6-7-22-26-17/h3-10H,1-2H3,(H,22,26)(H,25,27). The van der Waals surface area contributed by atoms with Crippen LogP contribution in [0.5, 0.6) is 0 Å². The molecule has 0 unspecified atom stereocenters. The molecule has 0 saturated heterocycles. The van der Waals surface area contributed by atoms with Gasteiger partial charge in [-0.3, -0.25) is 9.89 Å². The summed E-state index contributed by atoms with van der Waals surface area (Å²) in [5.74, 6) is -0.977. The molecule has 4 rings (SSSR count). The van der Waals surface area contributed by atoms with Crippen LogP contribution in [0.1, 0.15) is 21.7 Å². The molecule has 0 aliphatic carbocycles. The first kappa shape index (κ1) is 16.8. The number of nitrogens with one attached hydrogen (secondary N) is 2. The predicted octanol–water partition coefficient (Wildman–Crippen LogP) is 4.03. The van der Waals surface area contributed by atoms with Crippen LogP contribution in [0.3, 0.4) is 0 Å². The predicted molar refractivity (Wildman–Crippen MR) is 101 cm³/mol. The topological polar surface area (TPSA) is 83.6 Å². The quantitative estimate of drug-likeness (QED) is 0.577. The number of carbonyl (C=O) groups is 1. The van der Waals surface area contributed by atoms with Crippen LogP contribution >= 0.6 is 0 Å². The molecule has 0 aliphatic rings. The number of nitrogens with zero attached hydrogens (tertiary/aromatic N) is 3. The first-order valence-corrected chi connectivity index (χ1v) is 8.37. The highest BCUT2D eigenvalue weighted by molar-refractivity contribution is 6.11. The van der Waals surface area contributed by atoms with Crippen molar-refractivity contribution in [2.75, 3.05) is 5.32 Å². The molecule has 6 nitrogen and oxygen atoms in total. The van der Waals surface area contributed by atoms with Crippen LogP contribution < -0.4 is 5.32 Å². The maximum Gasteiger partial charge on any atom is 0.258 e. The summed E-state index contributed by atoms with van der Waals surface area (Å²) >= 11 is 0. The second-order valence-corrected chi connectivity index (χ2v) is 6.22. The van der Waals surface area contributed by atoms with Crippen molar-refractivity contribution in [2.45, 2.75) is 13.8 Å². The molecule has 2 heterocycles. The van der Waals surface area contributed by atoms with E-state index in [0.717, 1.165) is 11.3 Å². The number of hydrogen-bond donors (Lipinski definition) is 2. The lowest BCUT2D eigenvalue weighted by atomic mass is 10.1. The second kappa shape index (κ2) is 6.60. The third-order valence-electron chi connectivity index (χ3n) is 4.32. The molecule has 2 aromatic carbocycles. The van der Waals surface area contributed by atoms with Gasteiger partial charge in [0.1, 0.15) is 11.3 Å². The summed E-state index contributed by atoms with van der Waals surface area (Å²) in [7, 11) is 0. The van der Waals surface area contributed by atoms with E-state index in [-0.39, 0.29) is 5.56 Å². The fourth-order valence-electron chi connectivity index (χ4n) is 2.85. The smallest absolute Gasteiger partial charge is 0.258 e. The number of H-pyrrole nitrogens is 1. The highest BCUT2D eigenvalue weighted by Crippen LogP contribution is 2.23. The van der Waals surface area contributed by atoms with Crippen LogP contribution in [0.2, 0.25) is 0 Å².